The van der Waals surface area contributed by atoms with Crippen LogP contribution in [0.25, 0.3) is 0 Å². The van der Waals surface area contributed by atoms with Gasteiger partial charge in [0.15, 0.2) is 0 Å². The van der Waals surface area contributed by atoms with Crippen LogP contribution < -0.4 is 11.1 Å². The fourth-order valence-corrected chi connectivity index (χ4v) is 2.19. The second-order valence-corrected chi connectivity index (χ2v) is 5.18. The van der Waals surface area contributed by atoms with Crippen molar-refractivity contribution in [2.24, 2.45) is 5.73 Å². The molecule has 2 unspecified atom stereocenters. The average molecular weight is 293 g/mol. The van der Waals surface area contributed by atoms with E-state index < -0.39 is 11.7 Å². The first-order valence-electron chi connectivity index (χ1n) is 6.59. The molecular formula is C15H14F3N3. The molecule has 1 aromatic carbocycles. The second-order valence-electron chi connectivity index (χ2n) is 5.18. The summed E-state index contributed by atoms with van der Waals surface area (Å²) in [6.07, 6.45) is -1.58. The predicted octanol–water partition coefficient (Wildman–Crippen LogP) is 3.66. The molecule has 2 atom stereocenters. The molecule has 1 aromatic heterocycles. The highest BCUT2D eigenvalue weighted by molar-refractivity contribution is 5.56. The fraction of sp³-hybridized carbons (Fsp3) is 0.267. The third-order valence-corrected chi connectivity index (χ3v) is 3.54. The lowest BCUT2D eigenvalue weighted by Gasteiger charge is -2.09. The Balaban J connectivity index is 1.68. The maximum absolute atomic E-state index is 12.5. The SMILES string of the molecule is NC1CC1c1ccc(Nc2ccc(C(F)(F)F)cc2)nc1. The second kappa shape index (κ2) is 5.04. The molecule has 0 bridgehead atoms. The standard InChI is InChI=1S/C15H14F3N3/c16-15(17,18)10-2-4-11(5-3-10)21-14-6-1-9(8-20-14)12-7-13(12)19/h1-6,8,12-13H,7,19H2,(H,20,21). The zero-order valence-corrected chi connectivity index (χ0v) is 11.1. The van der Waals surface area contributed by atoms with Crippen LogP contribution in [0.3, 0.4) is 0 Å². The molecule has 3 rings (SSSR count). The van der Waals surface area contributed by atoms with Crippen molar-refractivity contribution in [1.29, 1.82) is 0 Å². The van der Waals surface area contributed by atoms with E-state index in [2.05, 4.69) is 10.3 Å². The zero-order valence-electron chi connectivity index (χ0n) is 11.1. The Morgan fingerprint density at radius 1 is 1.10 bits per heavy atom. The van der Waals surface area contributed by atoms with Crippen molar-refractivity contribution in [2.75, 3.05) is 5.32 Å². The molecule has 1 saturated carbocycles. The Morgan fingerprint density at radius 2 is 1.76 bits per heavy atom. The monoisotopic (exact) mass is 293 g/mol. The molecule has 0 radical (unpaired) electrons. The highest BCUT2D eigenvalue weighted by Crippen LogP contribution is 2.38. The summed E-state index contributed by atoms with van der Waals surface area (Å²) in [5, 5.41) is 2.97. The van der Waals surface area contributed by atoms with Crippen molar-refractivity contribution < 1.29 is 13.2 Å². The van der Waals surface area contributed by atoms with Crippen molar-refractivity contribution in [3.05, 3.63) is 53.7 Å². The van der Waals surface area contributed by atoms with Gasteiger partial charge in [-0.15, -0.1) is 0 Å². The number of pyridine rings is 1. The maximum Gasteiger partial charge on any atom is 0.416 e. The molecule has 1 heterocycles. The number of benzene rings is 1. The first-order chi connectivity index (χ1) is 9.93. The van der Waals surface area contributed by atoms with E-state index in [1.165, 1.54) is 12.1 Å². The number of nitrogens with one attached hydrogen (secondary N) is 1. The third-order valence-electron chi connectivity index (χ3n) is 3.54. The Morgan fingerprint density at radius 3 is 2.24 bits per heavy atom. The van der Waals surface area contributed by atoms with Gasteiger partial charge in [0, 0.05) is 23.8 Å². The Labute approximate surface area is 120 Å². The van der Waals surface area contributed by atoms with Crippen LogP contribution in [0, 0.1) is 0 Å². The van der Waals surface area contributed by atoms with Crippen molar-refractivity contribution in [2.45, 2.75) is 24.6 Å². The van der Waals surface area contributed by atoms with E-state index in [4.69, 9.17) is 5.73 Å². The van der Waals surface area contributed by atoms with E-state index in [9.17, 15) is 13.2 Å². The minimum atomic E-state index is -4.32. The van der Waals surface area contributed by atoms with Crippen LogP contribution in [0.15, 0.2) is 42.6 Å². The van der Waals surface area contributed by atoms with Gasteiger partial charge >= 0.3 is 6.18 Å². The lowest BCUT2D eigenvalue weighted by molar-refractivity contribution is -0.137. The van der Waals surface area contributed by atoms with E-state index in [0.717, 1.165) is 24.1 Å². The number of nitrogens with zero attached hydrogens (tertiary/aromatic N) is 1. The van der Waals surface area contributed by atoms with Crippen molar-refractivity contribution in [1.82, 2.24) is 4.98 Å². The molecule has 110 valence electrons. The number of nitrogens with two attached hydrogens (primary N) is 1. The summed E-state index contributed by atoms with van der Waals surface area (Å²) in [6.45, 7) is 0. The molecular weight excluding hydrogens is 279 g/mol. The molecule has 1 fully saturated rings. The first kappa shape index (κ1) is 13.9. The Kier molecular flexibility index (Phi) is 3.33. The van der Waals surface area contributed by atoms with Crippen LogP contribution in [0.1, 0.15) is 23.5 Å². The van der Waals surface area contributed by atoms with Gasteiger partial charge in [-0.2, -0.15) is 13.2 Å². The molecule has 0 spiro atoms. The van der Waals surface area contributed by atoms with Gasteiger partial charge in [0.25, 0.3) is 0 Å². The summed E-state index contributed by atoms with van der Waals surface area (Å²) in [6, 6.07) is 8.82. The van der Waals surface area contributed by atoms with Crippen molar-refractivity contribution in [3.8, 4) is 0 Å². The highest BCUT2D eigenvalue weighted by atomic mass is 19.4. The number of hydrogen-bond donors (Lipinski definition) is 2. The molecule has 2 aromatic rings. The molecule has 0 aliphatic heterocycles. The van der Waals surface area contributed by atoms with Crippen LogP contribution in [0.4, 0.5) is 24.7 Å². The smallest absolute Gasteiger partial charge is 0.340 e. The van der Waals surface area contributed by atoms with Gasteiger partial charge in [0.05, 0.1) is 5.56 Å². The molecule has 1 aliphatic carbocycles. The average Bonchev–Trinajstić information content (AvgIpc) is 3.16. The summed E-state index contributed by atoms with van der Waals surface area (Å²) in [5.74, 6) is 0.977. The normalized spacial score (nSPS) is 21.1. The lowest BCUT2D eigenvalue weighted by atomic mass is 10.2. The fourth-order valence-electron chi connectivity index (χ4n) is 2.19. The van der Waals surface area contributed by atoms with E-state index in [0.29, 0.717) is 17.4 Å². The van der Waals surface area contributed by atoms with Gasteiger partial charge in [0.1, 0.15) is 5.82 Å². The van der Waals surface area contributed by atoms with Crippen LogP contribution in [-0.2, 0) is 6.18 Å². The van der Waals surface area contributed by atoms with Crippen LogP contribution in [0.2, 0.25) is 0 Å². The van der Waals surface area contributed by atoms with E-state index in [1.807, 2.05) is 6.07 Å². The van der Waals surface area contributed by atoms with Gasteiger partial charge in [-0.05, 0) is 42.3 Å². The topological polar surface area (TPSA) is 50.9 Å². The van der Waals surface area contributed by atoms with Gasteiger partial charge in [-0.25, -0.2) is 4.98 Å². The number of halogens is 3. The molecule has 3 nitrogen and oxygen atoms in total. The van der Waals surface area contributed by atoms with Gasteiger partial charge in [0.2, 0.25) is 0 Å². The number of rotatable bonds is 3. The number of hydrogen-bond acceptors (Lipinski definition) is 3. The summed E-state index contributed by atoms with van der Waals surface area (Å²) in [4.78, 5) is 4.25. The van der Waals surface area contributed by atoms with Gasteiger partial charge in [-0.3, -0.25) is 0 Å². The van der Waals surface area contributed by atoms with E-state index >= 15 is 0 Å². The minimum Gasteiger partial charge on any atom is -0.340 e. The number of aromatic nitrogens is 1. The summed E-state index contributed by atoms with van der Waals surface area (Å²) in [7, 11) is 0. The lowest BCUT2D eigenvalue weighted by Crippen LogP contribution is -2.04. The van der Waals surface area contributed by atoms with Crippen LogP contribution >= 0.6 is 0 Å². The zero-order chi connectivity index (χ0) is 15.0. The van der Waals surface area contributed by atoms with Gasteiger partial charge in [-0.1, -0.05) is 6.07 Å². The predicted molar refractivity (Wildman–Crippen MR) is 74.3 cm³/mol. The van der Waals surface area contributed by atoms with E-state index in [-0.39, 0.29) is 6.04 Å². The molecule has 3 N–H and O–H groups in total. The maximum atomic E-state index is 12.5. The third kappa shape index (κ3) is 3.16. The molecule has 6 heteroatoms. The molecule has 21 heavy (non-hydrogen) atoms. The Hall–Kier alpha value is -2.08. The summed E-state index contributed by atoms with van der Waals surface area (Å²) in [5.41, 5.74) is 6.77. The van der Waals surface area contributed by atoms with Crippen LogP contribution in [-0.4, -0.2) is 11.0 Å². The summed E-state index contributed by atoms with van der Waals surface area (Å²) >= 11 is 0. The minimum absolute atomic E-state index is 0.223. The van der Waals surface area contributed by atoms with Crippen molar-refractivity contribution >= 4 is 11.5 Å². The highest BCUT2D eigenvalue weighted by Gasteiger charge is 2.34. The Bertz CT molecular complexity index is 620. The van der Waals surface area contributed by atoms with Crippen molar-refractivity contribution in [3.63, 3.8) is 0 Å². The summed E-state index contributed by atoms with van der Waals surface area (Å²) < 4.78 is 37.4. The molecule has 0 amide bonds. The first-order valence-corrected chi connectivity index (χ1v) is 6.59. The number of anilines is 2. The quantitative estimate of drug-likeness (QED) is 0.908. The molecule has 1 aliphatic rings. The van der Waals surface area contributed by atoms with Gasteiger partial charge < -0.3 is 11.1 Å². The molecule has 0 saturated heterocycles. The largest absolute Gasteiger partial charge is 0.416 e. The van der Waals surface area contributed by atoms with Crippen LogP contribution in [0.5, 0.6) is 0 Å². The van der Waals surface area contributed by atoms with E-state index in [1.54, 1.807) is 12.3 Å². The number of alkyl halides is 3.